The van der Waals surface area contributed by atoms with Crippen LogP contribution in [0.4, 0.5) is 29.7 Å². The van der Waals surface area contributed by atoms with E-state index >= 15 is 0 Å². The predicted molar refractivity (Wildman–Crippen MR) is 151 cm³/mol. The first-order chi connectivity index (χ1) is 19.6. The molecule has 0 saturated carbocycles. The number of alkyl halides is 3. The third kappa shape index (κ3) is 5.53. The molecule has 14 heteroatoms. The number of nitrogens with one attached hydrogen (secondary N) is 1. The van der Waals surface area contributed by atoms with E-state index in [0.717, 1.165) is 54.1 Å². The molecule has 3 aliphatic heterocycles. The number of halogens is 3. The van der Waals surface area contributed by atoms with Gasteiger partial charge in [-0.25, -0.2) is 13.4 Å². The van der Waals surface area contributed by atoms with Crippen molar-refractivity contribution in [3.63, 3.8) is 0 Å². The number of amides is 1. The molecular formula is C27H29F3N6O3S2. The van der Waals surface area contributed by atoms with E-state index in [2.05, 4.69) is 15.2 Å². The first kappa shape index (κ1) is 27.9. The summed E-state index contributed by atoms with van der Waals surface area (Å²) in [5.74, 6) is -0.122. The number of sulfonamides is 1. The van der Waals surface area contributed by atoms with E-state index in [9.17, 15) is 26.4 Å². The van der Waals surface area contributed by atoms with Gasteiger partial charge in [0.15, 0.2) is 10.8 Å². The van der Waals surface area contributed by atoms with Crippen molar-refractivity contribution in [2.75, 3.05) is 73.6 Å². The van der Waals surface area contributed by atoms with Gasteiger partial charge in [0.1, 0.15) is 0 Å². The zero-order chi connectivity index (χ0) is 28.8. The fourth-order valence-corrected chi connectivity index (χ4v) is 7.83. The minimum Gasteiger partial charge on any atom is -0.369 e. The summed E-state index contributed by atoms with van der Waals surface area (Å²) in [6.07, 6.45) is -3.97. The summed E-state index contributed by atoms with van der Waals surface area (Å²) in [6.45, 7) is 4.75. The fourth-order valence-electron chi connectivity index (χ4n) is 5.47. The molecule has 41 heavy (non-hydrogen) atoms. The number of benzene rings is 2. The van der Waals surface area contributed by atoms with Gasteiger partial charge in [-0.05, 0) is 48.4 Å². The zero-order valence-corrected chi connectivity index (χ0v) is 23.7. The number of fused-ring (bicyclic) bond motifs is 1. The van der Waals surface area contributed by atoms with Gasteiger partial charge >= 0.3 is 6.18 Å². The number of rotatable bonds is 5. The van der Waals surface area contributed by atoms with Gasteiger partial charge in [0.05, 0.1) is 4.90 Å². The maximum Gasteiger partial charge on any atom is 0.434 e. The highest BCUT2D eigenvalue weighted by Crippen LogP contribution is 2.35. The van der Waals surface area contributed by atoms with E-state index in [1.54, 1.807) is 28.0 Å². The lowest BCUT2D eigenvalue weighted by Gasteiger charge is -2.33. The minimum atomic E-state index is -4.51. The maximum absolute atomic E-state index is 13.5. The molecule has 0 bridgehead atoms. The Kier molecular flexibility index (Phi) is 7.42. The molecule has 6 rings (SSSR count). The Labute approximate surface area is 240 Å². The molecule has 3 aromatic rings. The van der Waals surface area contributed by atoms with Gasteiger partial charge in [0, 0.05) is 81.2 Å². The van der Waals surface area contributed by atoms with Crippen molar-refractivity contribution in [2.24, 2.45) is 0 Å². The maximum atomic E-state index is 13.5. The molecule has 3 aliphatic rings. The molecule has 0 unspecified atom stereocenters. The quantitative estimate of drug-likeness (QED) is 0.477. The molecule has 4 heterocycles. The lowest BCUT2D eigenvalue weighted by Crippen LogP contribution is -2.48. The van der Waals surface area contributed by atoms with Crippen LogP contribution in [0.2, 0.25) is 0 Å². The summed E-state index contributed by atoms with van der Waals surface area (Å²) >= 11 is 0.900. The molecule has 0 spiro atoms. The van der Waals surface area contributed by atoms with Crippen molar-refractivity contribution < 1.29 is 26.4 Å². The Morgan fingerprint density at radius 2 is 1.68 bits per heavy atom. The highest BCUT2D eigenvalue weighted by molar-refractivity contribution is 7.89. The van der Waals surface area contributed by atoms with Crippen LogP contribution in [-0.4, -0.2) is 82.5 Å². The number of nitrogens with zero attached hydrogens (tertiary/aromatic N) is 5. The Bertz CT molecular complexity index is 1550. The smallest absolute Gasteiger partial charge is 0.369 e. The summed E-state index contributed by atoms with van der Waals surface area (Å²) in [5, 5.41) is 4.53. The van der Waals surface area contributed by atoms with Crippen LogP contribution in [0.3, 0.4) is 0 Å². The van der Waals surface area contributed by atoms with Crippen LogP contribution < -0.4 is 20.0 Å². The lowest BCUT2D eigenvalue weighted by molar-refractivity contribution is -0.140. The fraction of sp³-hybridized carbons (Fsp3) is 0.407. The van der Waals surface area contributed by atoms with Crippen LogP contribution >= 0.6 is 11.3 Å². The highest BCUT2D eigenvalue weighted by Gasteiger charge is 2.36. The number of piperazine rings is 2. The van der Waals surface area contributed by atoms with E-state index in [1.807, 2.05) is 18.2 Å². The van der Waals surface area contributed by atoms with Crippen LogP contribution in [0, 0.1) is 0 Å². The molecule has 1 aromatic heterocycles. The van der Waals surface area contributed by atoms with Crippen molar-refractivity contribution in [1.82, 2.24) is 14.6 Å². The Hall–Kier alpha value is -3.20. The van der Waals surface area contributed by atoms with Gasteiger partial charge in [0.25, 0.3) is 5.91 Å². The number of hydrogen-bond donors (Lipinski definition) is 1. The molecule has 0 radical (unpaired) electrons. The predicted octanol–water partition coefficient (Wildman–Crippen LogP) is 3.29. The topological polar surface area (TPSA) is 89.1 Å². The van der Waals surface area contributed by atoms with Gasteiger partial charge in [-0.15, -0.1) is 11.3 Å². The summed E-state index contributed by atoms with van der Waals surface area (Å²) in [4.78, 5) is 22.9. The third-order valence-electron chi connectivity index (χ3n) is 7.70. The van der Waals surface area contributed by atoms with Gasteiger partial charge in [-0.2, -0.15) is 17.5 Å². The van der Waals surface area contributed by atoms with Crippen molar-refractivity contribution in [1.29, 1.82) is 0 Å². The largest absolute Gasteiger partial charge is 0.434 e. The van der Waals surface area contributed by atoms with E-state index in [4.69, 9.17) is 0 Å². The SMILES string of the molecule is O=C(c1cccc(N2CCNCC2)c1)N1CCc2cc(S(=O)(=O)N3CCN(c4nc(C(F)(F)F)cs4)CC3)ccc21. The normalized spacial score (nSPS) is 18.6. The second-order valence-electron chi connectivity index (χ2n) is 10.2. The molecule has 0 atom stereocenters. The summed E-state index contributed by atoms with van der Waals surface area (Å²) < 4.78 is 67.0. The van der Waals surface area contributed by atoms with Crippen molar-refractivity contribution in [2.45, 2.75) is 17.5 Å². The van der Waals surface area contributed by atoms with Gasteiger partial charge < -0.3 is 20.0 Å². The van der Waals surface area contributed by atoms with Crippen molar-refractivity contribution in [3.05, 3.63) is 64.7 Å². The number of anilines is 3. The highest BCUT2D eigenvalue weighted by atomic mass is 32.2. The van der Waals surface area contributed by atoms with Crippen LogP contribution in [-0.2, 0) is 22.6 Å². The van der Waals surface area contributed by atoms with Gasteiger partial charge in [-0.3, -0.25) is 4.79 Å². The molecule has 2 saturated heterocycles. The summed E-state index contributed by atoms with van der Waals surface area (Å²) in [7, 11) is -3.82. The van der Waals surface area contributed by atoms with Crippen LogP contribution in [0.25, 0.3) is 0 Å². The first-order valence-corrected chi connectivity index (χ1v) is 15.7. The Morgan fingerprint density at radius 3 is 2.39 bits per heavy atom. The molecule has 2 aromatic carbocycles. The van der Waals surface area contributed by atoms with E-state index in [1.165, 1.54) is 10.4 Å². The Balaban J connectivity index is 1.14. The minimum absolute atomic E-state index is 0.122. The monoisotopic (exact) mass is 606 g/mol. The summed E-state index contributed by atoms with van der Waals surface area (Å²) in [6, 6.07) is 12.5. The molecule has 1 amide bonds. The van der Waals surface area contributed by atoms with Crippen LogP contribution in [0.1, 0.15) is 21.6 Å². The third-order valence-corrected chi connectivity index (χ3v) is 10.5. The number of hydrogen-bond acceptors (Lipinski definition) is 8. The molecule has 2 fully saturated rings. The first-order valence-electron chi connectivity index (χ1n) is 13.4. The Morgan fingerprint density at radius 1 is 0.927 bits per heavy atom. The average molecular weight is 607 g/mol. The molecule has 0 aliphatic carbocycles. The van der Waals surface area contributed by atoms with Crippen molar-refractivity contribution in [3.8, 4) is 0 Å². The molecule has 1 N–H and O–H groups in total. The zero-order valence-electron chi connectivity index (χ0n) is 22.1. The number of carbonyl (C=O) groups is 1. The average Bonchev–Trinajstić information content (AvgIpc) is 3.65. The molecule has 9 nitrogen and oxygen atoms in total. The lowest BCUT2D eigenvalue weighted by atomic mass is 10.1. The van der Waals surface area contributed by atoms with Gasteiger partial charge in [0.2, 0.25) is 10.0 Å². The van der Waals surface area contributed by atoms with Crippen molar-refractivity contribution >= 4 is 43.8 Å². The van der Waals surface area contributed by atoms with E-state index in [0.29, 0.717) is 24.2 Å². The number of carbonyl (C=O) groups excluding carboxylic acids is 1. The summed E-state index contributed by atoms with van der Waals surface area (Å²) in [5.41, 5.74) is 2.15. The molecular weight excluding hydrogens is 577 g/mol. The number of aromatic nitrogens is 1. The van der Waals surface area contributed by atoms with E-state index < -0.39 is 21.9 Å². The molecule has 218 valence electrons. The second kappa shape index (κ2) is 10.9. The second-order valence-corrected chi connectivity index (χ2v) is 13.0. The van der Waals surface area contributed by atoms with Crippen LogP contribution in [0.5, 0.6) is 0 Å². The van der Waals surface area contributed by atoms with Crippen LogP contribution in [0.15, 0.2) is 52.7 Å². The van der Waals surface area contributed by atoms with Gasteiger partial charge in [-0.1, -0.05) is 6.07 Å². The van der Waals surface area contributed by atoms with E-state index in [-0.39, 0.29) is 42.1 Å². The standard InChI is InChI=1S/C27H29F3N6O3S2/c28-27(29,30)24-18-40-26(32-24)34-12-14-35(15-13-34)41(38,39)22-4-5-23-19(17-22)6-9-36(23)25(37)20-2-1-3-21(16-20)33-10-7-31-8-11-33/h1-5,16-18,31H,6-15H2. The number of thiazole rings is 1.